The van der Waals surface area contributed by atoms with Crippen molar-refractivity contribution in [1.29, 1.82) is 0 Å². The van der Waals surface area contributed by atoms with E-state index >= 15 is 0 Å². The van der Waals surface area contributed by atoms with Crippen LogP contribution in [0, 0.1) is 12.5 Å². The van der Waals surface area contributed by atoms with Crippen LogP contribution in [0.1, 0.15) is 39.5 Å². The van der Waals surface area contributed by atoms with Crippen LogP contribution in [0.3, 0.4) is 0 Å². The summed E-state index contributed by atoms with van der Waals surface area (Å²) in [4.78, 5) is 0. The molecule has 0 heterocycles. The molecule has 59 valence electrons. The van der Waals surface area contributed by atoms with Crippen LogP contribution in [0.25, 0.3) is 0 Å². The summed E-state index contributed by atoms with van der Waals surface area (Å²) in [6.45, 7) is 6.62. The Kier molecular flexibility index (Phi) is 3.20. The summed E-state index contributed by atoms with van der Waals surface area (Å²) in [5.41, 5.74) is 0. The third-order valence-electron chi connectivity index (χ3n) is 2.17. The summed E-state index contributed by atoms with van der Waals surface area (Å²) in [5, 5.41) is 3.46. The first kappa shape index (κ1) is 8.06. The number of hydrogen-bond acceptors (Lipinski definition) is 1. The maximum Gasteiger partial charge on any atom is 0.0221 e. The number of hydrogen-bond donors (Lipinski definition) is 1. The molecule has 0 bridgehead atoms. The molecule has 1 nitrogen and oxygen atoms in total. The average molecular weight is 140 g/mol. The Morgan fingerprint density at radius 2 is 2.20 bits per heavy atom. The van der Waals surface area contributed by atoms with E-state index in [0.29, 0.717) is 0 Å². The quantitative estimate of drug-likeness (QED) is 0.618. The van der Waals surface area contributed by atoms with E-state index in [1.165, 1.54) is 19.3 Å². The molecule has 0 spiro atoms. The zero-order valence-corrected chi connectivity index (χ0v) is 7.06. The molecule has 1 N–H and O–H groups in total. The van der Waals surface area contributed by atoms with Crippen LogP contribution in [-0.2, 0) is 0 Å². The molecule has 1 aliphatic carbocycles. The Bertz CT molecular complexity index is 86.7. The maximum absolute atomic E-state index is 3.46. The Morgan fingerprint density at radius 3 is 2.60 bits per heavy atom. The highest BCUT2D eigenvalue weighted by Gasteiger charge is 2.28. The molecule has 0 aromatic rings. The van der Waals surface area contributed by atoms with E-state index in [0.717, 1.165) is 18.4 Å². The molecule has 1 aliphatic rings. The van der Waals surface area contributed by atoms with Crippen LogP contribution in [0.15, 0.2) is 0 Å². The van der Waals surface area contributed by atoms with Crippen molar-refractivity contribution in [2.45, 2.75) is 45.6 Å². The van der Waals surface area contributed by atoms with Crippen LogP contribution in [0.2, 0.25) is 0 Å². The Labute approximate surface area is 64.2 Å². The number of rotatable bonds is 5. The predicted octanol–water partition coefficient (Wildman–Crippen LogP) is 2.34. The summed E-state index contributed by atoms with van der Waals surface area (Å²) < 4.78 is 0. The molecule has 0 aromatic heterocycles. The monoisotopic (exact) mass is 140 g/mol. The Balaban J connectivity index is 2.07. The first-order chi connectivity index (χ1) is 4.88. The van der Waals surface area contributed by atoms with Gasteiger partial charge in [-0.25, -0.2) is 0 Å². The van der Waals surface area contributed by atoms with Crippen molar-refractivity contribution < 1.29 is 0 Å². The van der Waals surface area contributed by atoms with E-state index in [-0.39, 0.29) is 0 Å². The van der Waals surface area contributed by atoms with E-state index in [1.807, 2.05) is 0 Å². The van der Waals surface area contributed by atoms with Crippen LogP contribution >= 0.6 is 0 Å². The largest absolute Gasteiger partial charge is 0.309 e. The second kappa shape index (κ2) is 3.97. The van der Waals surface area contributed by atoms with Crippen molar-refractivity contribution in [2.75, 3.05) is 0 Å². The van der Waals surface area contributed by atoms with Crippen molar-refractivity contribution in [1.82, 2.24) is 5.32 Å². The van der Waals surface area contributed by atoms with Crippen molar-refractivity contribution in [2.24, 2.45) is 5.92 Å². The summed E-state index contributed by atoms with van der Waals surface area (Å²) in [5.74, 6) is 0.993. The van der Waals surface area contributed by atoms with E-state index in [9.17, 15) is 0 Å². The zero-order valence-electron chi connectivity index (χ0n) is 7.06. The smallest absolute Gasteiger partial charge is 0.0221 e. The maximum atomic E-state index is 3.46. The molecule has 0 aliphatic heterocycles. The molecule has 0 aromatic carbocycles. The van der Waals surface area contributed by atoms with Crippen molar-refractivity contribution in [3.8, 4) is 0 Å². The molecular weight excluding hydrogens is 122 g/mol. The second-order valence-corrected chi connectivity index (χ2v) is 3.13. The van der Waals surface area contributed by atoms with E-state index in [2.05, 4.69) is 25.7 Å². The minimum absolute atomic E-state index is 0.778. The van der Waals surface area contributed by atoms with Crippen LogP contribution in [0.4, 0.5) is 0 Å². The highest BCUT2D eigenvalue weighted by molar-refractivity contribution is 4.86. The fourth-order valence-corrected chi connectivity index (χ4v) is 1.36. The van der Waals surface area contributed by atoms with Gasteiger partial charge in [-0.05, 0) is 31.6 Å². The fourth-order valence-electron chi connectivity index (χ4n) is 1.36. The minimum Gasteiger partial charge on any atom is -0.309 e. The Hall–Kier alpha value is -0.0400. The van der Waals surface area contributed by atoms with Crippen LogP contribution in [0.5, 0.6) is 0 Å². The van der Waals surface area contributed by atoms with Gasteiger partial charge in [0.15, 0.2) is 0 Å². The van der Waals surface area contributed by atoms with Gasteiger partial charge in [0.25, 0.3) is 0 Å². The minimum atomic E-state index is 0.778. The normalized spacial score (nSPS) is 21.0. The van der Waals surface area contributed by atoms with Crippen molar-refractivity contribution in [3.05, 3.63) is 6.54 Å². The molecule has 1 unspecified atom stereocenters. The van der Waals surface area contributed by atoms with E-state index in [1.54, 1.807) is 0 Å². The zero-order chi connectivity index (χ0) is 7.40. The van der Waals surface area contributed by atoms with E-state index in [4.69, 9.17) is 0 Å². The molecule has 0 amide bonds. The summed E-state index contributed by atoms with van der Waals surface area (Å²) in [6, 6.07) is 0.778. The highest BCUT2D eigenvalue weighted by atomic mass is 14.9. The topological polar surface area (TPSA) is 12.0 Å². The molecule has 1 atom stereocenters. The van der Waals surface area contributed by atoms with Gasteiger partial charge in [0.1, 0.15) is 0 Å². The first-order valence-corrected chi connectivity index (χ1v) is 4.46. The molecule has 10 heavy (non-hydrogen) atoms. The van der Waals surface area contributed by atoms with Gasteiger partial charge in [-0.3, -0.25) is 0 Å². The van der Waals surface area contributed by atoms with Gasteiger partial charge in [0.05, 0.1) is 0 Å². The van der Waals surface area contributed by atoms with Gasteiger partial charge in [-0.2, -0.15) is 0 Å². The van der Waals surface area contributed by atoms with Crippen molar-refractivity contribution in [3.63, 3.8) is 0 Å². The van der Waals surface area contributed by atoms with Gasteiger partial charge in [0.2, 0.25) is 0 Å². The van der Waals surface area contributed by atoms with Gasteiger partial charge < -0.3 is 5.32 Å². The van der Waals surface area contributed by atoms with Crippen molar-refractivity contribution >= 4 is 0 Å². The van der Waals surface area contributed by atoms with Gasteiger partial charge in [-0.1, -0.05) is 13.8 Å². The average Bonchev–Trinajstić information content (AvgIpc) is 2.73. The molecule has 0 saturated heterocycles. The third kappa shape index (κ3) is 2.30. The lowest BCUT2D eigenvalue weighted by Gasteiger charge is -2.14. The van der Waals surface area contributed by atoms with Gasteiger partial charge >= 0.3 is 0 Å². The van der Waals surface area contributed by atoms with Gasteiger partial charge in [-0.15, -0.1) is 0 Å². The molecule has 1 saturated carbocycles. The SMILES string of the molecule is CC[CH]NC(CC)C1CC1. The third-order valence-corrected chi connectivity index (χ3v) is 2.17. The van der Waals surface area contributed by atoms with E-state index < -0.39 is 0 Å². The molecule has 1 radical (unpaired) electrons. The number of nitrogens with one attached hydrogen (secondary N) is 1. The van der Waals surface area contributed by atoms with Crippen LogP contribution < -0.4 is 5.32 Å². The predicted molar refractivity (Wildman–Crippen MR) is 44.5 cm³/mol. The first-order valence-electron chi connectivity index (χ1n) is 4.46. The highest BCUT2D eigenvalue weighted by Crippen LogP contribution is 2.33. The molecule has 1 fully saturated rings. The second-order valence-electron chi connectivity index (χ2n) is 3.13. The summed E-state index contributed by atoms with van der Waals surface area (Å²) >= 11 is 0. The summed E-state index contributed by atoms with van der Waals surface area (Å²) in [6.07, 6.45) is 5.32. The molecule has 1 heteroatoms. The molecular formula is C9H18N. The standard InChI is InChI=1S/C9H18N/c1-3-7-10-9(4-2)8-5-6-8/h7-10H,3-6H2,1-2H3. The lowest BCUT2D eigenvalue weighted by Crippen LogP contribution is -2.27. The summed E-state index contributed by atoms with van der Waals surface area (Å²) in [7, 11) is 0. The molecule has 1 rings (SSSR count). The fraction of sp³-hybridized carbons (Fsp3) is 0.889. The lowest BCUT2D eigenvalue weighted by atomic mass is 10.1. The van der Waals surface area contributed by atoms with Crippen LogP contribution in [-0.4, -0.2) is 6.04 Å². The lowest BCUT2D eigenvalue weighted by molar-refractivity contribution is 0.482. The Morgan fingerprint density at radius 1 is 1.50 bits per heavy atom. The van der Waals surface area contributed by atoms with Gasteiger partial charge in [0, 0.05) is 12.6 Å².